The zero-order valence-corrected chi connectivity index (χ0v) is 12.7. The molecule has 0 aromatic carbocycles. The van der Waals surface area contributed by atoms with Crippen LogP contribution in [0.3, 0.4) is 0 Å². The Morgan fingerprint density at radius 2 is 2.06 bits per heavy atom. The van der Waals surface area contributed by atoms with Gasteiger partial charge >= 0.3 is 0 Å². The van der Waals surface area contributed by atoms with Gasteiger partial charge in [0.15, 0.2) is 0 Å². The van der Waals surface area contributed by atoms with E-state index in [1.54, 1.807) is 0 Å². The maximum atomic E-state index is 3.48. The molecule has 2 aliphatic heterocycles. The normalized spacial score (nSPS) is 34.0. The minimum Gasteiger partial charge on any atom is -0.315 e. The Morgan fingerprint density at radius 3 is 2.72 bits per heavy atom. The number of hydrogen-bond acceptors (Lipinski definition) is 3. The predicted molar refractivity (Wildman–Crippen MR) is 77.9 cm³/mol. The third-order valence-electron chi connectivity index (χ3n) is 5.35. The van der Waals surface area contributed by atoms with Crippen LogP contribution in [-0.4, -0.2) is 61.7 Å². The summed E-state index contributed by atoms with van der Waals surface area (Å²) in [4.78, 5) is 5.33. The Labute approximate surface area is 113 Å². The standard InChI is InChI=1S/C15H31N3/c1-5-14(16-3)12(2)18-10-8-15-13(11-18)7-6-9-17(15)4/h12-16H,5-11H2,1-4H3. The maximum Gasteiger partial charge on any atom is 0.0220 e. The Morgan fingerprint density at radius 1 is 1.28 bits per heavy atom. The molecule has 4 atom stereocenters. The van der Waals surface area contributed by atoms with Crippen molar-refractivity contribution in [1.82, 2.24) is 15.1 Å². The van der Waals surface area contributed by atoms with Crippen LogP contribution in [0.25, 0.3) is 0 Å². The van der Waals surface area contributed by atoms with Crippen molar-refractivity contribution in [3.8, 4) is 0 Å². The van der Waals surface area contributed by atoms with E-state index in [1.807, 2.05) is 0 Å². The second kappa shape index (κ2) is 6.36. The van der Waals surface area contributed by atoms with Gasteiger partial charge in [-0.3, -0.25) is 4.90 Å². The van der Waals surface area contributed by atoms with E-state index in [2.05, 4.69) is 43.1 Å². The van der Waals surface area contributed by atoms with Crippen LogP contribution in [0.1, 0.15) is 39.5 Å². The summed E-state index contributed by atoms with van der Waals surface area (Å²) in [5, 5.41) is 3.48. The van der Waals surface area contributed by atoms with Crippen molar-refractivity contribution in [2.24, 2.45) is 5.92 Å². The molecule has 0 amide bonds. The topological polar surface area (TPSA) is 18.5 Å². The Hall–Kier alpha value is -0.120. The lowest BCUT2D eigenvalue weighted by atomic mass is 9.83. The summed E-state index contributed by atoms with van der Waals surface area (Å²) in [7, 11) is 4.42. The minimum atomic E-state index is 0.642. The van der Waals surface area contributed by atoms with Gasteiger partial charge in [0.1, 0.15) is 0 Å². The van der Waals surface area contributed by atoms with Crippen LogP contribution in [0.4, 0.5) is 0 Å². The molecule has 106 valence electrons. The first-order chi connectivity index (χ1) is 8.67. The number of nitrogens with zero attached hydrogens (tertiary/aromatic N) is 2. The van der Waals surface area contributed by atoms with Crippen molar-refractivity contribution < 1.29 is 0 Å². The Kier molecular flexibility index (Phi) is 5.05. The first-order valence-electron chi connectivity index (χ1n) is 7.79. The SMILES string of the molecule is CCC(NC)C(C)N1CCC2C(CCCN2C)C1. The fourth-order valence-electron chi connectivity index (χ4n) is 4.09. The zero-order valence-electron chi connectivity index (χ0n) is 12.7. The van der Waals surface area contributed by atoms with Crippen LogP contribution in [0.5, 0.6) is 0 Å². The van der Waals surface area contributed by atoms with E-state index in [0.717, 1.165) is 12.0 Å². The molecular weight excluding hydrogens is 222 g/mol. The van der Waals surface area contributed by atoms with Gasteiger partial charge in [-0.2, -0.15) is 0 Å². The molecule has 0 saturated carbocycles. The summed E-state index contributed by atoms with van der Waals surface area (Å²) >= 11 is 0. The summed E-state index contributed by atoms with van der Waals surface area (Å²) in [6, 6.07) is 2.17. The molecule has 0 radical (unpaired) electrons. The van der Waals surface area contributed by atoms with E-state index in [9.17, 15) is 0 Å². The van der Waals surface area contributed by atoms with Gasteiger partial charge in [-0.25, -0.2) is 0 Å². The number of rotatable bonds is 4. The second-order valence-corrected chi connectivity index (χ2v) is 6.28. The molecule has 0 bridgehead atoms. The highest BCUT2D eigenvalue weighted by Crippen LogP contribution is 2.30. The first kappa shape index (κ1) is 14.3. The molecule has 0 aliphatic carbocycles. The molecule has 0 aromatic rings. The van der Waals surface area contributed by atoms with Crippen LogP contribution < -0.4 is 5.32 Å². The third kappa shape index (κ3) is 2.89. The van der Waals surface area contributed by atoms with Gasteiger partial charge < -0.3 is 10.2 Å². The van der Waals surface area contributed by atoms with Crippen molar-refractivity contribution in [1.29, 1.82) is 0 Å². The smallest absolute Gasteiger partial charge is 0.0220 e. The van der Waals surface area contributed by atoms with E-state index < -0.39 is 0 Å². The highest BCUT2D eigenvalue weighted by atomic mass is 15.2. The molecule has 2 fully saturated rings. The summed E-state index contributed by atoms with van der Waals surface area (Å²) in [5.74, 6) is 0.911. The van der Waals surface area contributed by atoms with Crippen molar-refractivity contribution in [3.63, 3.8) is 0 Å². The largest absolute Gasteiger partial charge is 0.315 e. The minimum absolute atomic E-state index is 0.642. The summed E-state index contributed by atoms with van der Waals surface area (Å²) < 4.78 is 0. The number of likely N-dealkylation sites (tertiary alicyclic amines) is 2. The first-order valence-corrected chi connectivity index (χ1v) is 7.79. The van der Waals surface area contributed by atoms with E-state index >= 15 is 0 Å². The van der Waals surface area contributed by atoms with Crippen molar-refractivity contribution in [2.75, 3.05) is 33.7 Å². The van der Waals surface area contributed by atoms with Crippen LogP contribution in [0.15, 0.2) is 0 Å². The summed E-state index contributed by atoms with van der Waals surface area (Å²) in [6.07, 6.45) is 5.42. The average Bonchev–Trinajstić information content (AvgIpc) is 2.40. The molecule has 4 unspecified atom stereocenters. The average molecular weight is 253 g/mol. The van der Waals surface area contributed by atoms with Crippen LogP contribution in [-0.2, 0) is 0 Å². The molecule has 0 spiro atoms. The zero-order chi connectivity index (χ0) is 13.1. The fourth-order valence-corrected chi connectivity index (χ4v) is 4.09. The summed E-state index contributed by atoms with van der Waals surface area (Å²) in [6.45, 7) is 8.60. The number of hydrogen-bond donors (Lipinski definition) is 1. The second-order valence-electron chi connectivity index (χ2n) is 6.28. The van der Waals surface area contributed by atoms with Crippen molar-refractivity contribution in [2.45, 2.75) is 57.7 Å². The molecule has 2 rings (SSSR count). The molecule has 3 heteroatoms. The van der Waals surface area contributed by atoms with Gasteiger partial charge in [-0.15, -0.1) is 0 Å². The number of nitrogens with one attached hydrogen (secondary N) is 1. The molecule has 0 aromatic heterocycles. The van der Waals surface area contributed by atoms with Gasteiger partial charge in [0.25, 0.3) is 0 Å². The van der Waals surface area contributed by atoms with E-state index in [1.165, 1.54) is 45.3 Å². The predicted octanol–water partition coefficient (Wildman–Crippen LogP) is 1.79. The summed E-state index contributed by atoms with van der Waals surface area (Å²) in [5.41, 5.74) is 0. The molecule has 2 saturated heterocycles. The molecule has 2 aliphatic rings. The fraction of sp³-hybridized carbons (Fsp3) is 1.00. The third-order valence-corrected chi connectivity index (χ3v) is 5.35. The van der Waals surface area contributed by atoms with Crippen molar-refractivity contribution in [3.05, 3.63) is 0 Å². The van der Waals surface area contributed by atoms with Gasteiger partial charge in [-0.1, -0.05) is 6.92 Å². The van der Waals surface area contributed by atoms with Gasteiger partial charge in [0.2, 0.25) is 0 Å². The molecular formula is C15H31N3. The maximum absolute atomic E-state index is 3.48. The Balaban J connectivity index is 1.93. The van der Waals surface area contributed by atoms with E-state index in [0.29, 0.717) is 12.1 Å². The van der Waals surface area contributed by atoms with Crippen LogP contribution in [0.2, 0.25) is 0 Å². The van der Waals surface area contributed by atoms with Crippen molar-refractivity contribution >= 4 is 0 Å². The van der Waals surface area contributed by atoms with Gasteiger partial charge in [-0.05, 0) is 65.7 Å². The highest BCUT2D eigenvalue weighted by molar-refractivity contribution is 4.92. The van der Waals surface area contributed by atoms with E-state index in [-0.39, 0.29) is 0 Å². The Bertz CT molecular complexity index is 252. The highest BCUT2D eigenvalue weighted by Gasteiger charge is 2.36. The number of likely N-dealkylation sites (N-methyl/N-ethyl adjacent to an activating group) is 1. The van der Waals surface area contributed by atoms with Crippen LogP contribution in [0, 0.1) is 5.92 Å². The van der Waals surface area contributed by atoms with Gasteiger partial charge in [0.05, 0.1) is 0 Å². The number of fused-ring (bicyclic) bond motifs is 1. The molecule has 3 nitrogen and oxygen atoms in total. The lowest BCUT2D eigenvalue weighted by Gasteiger charge is -2.48. The quantitative estimate of drug-likeness (QED) is 0.824. The lowest BCUT2D eigenvalue weighted by molar-refractivity contribution is 0.0162. The molecule has 1 N–H and O–H groups in total. The monoisotopic (exact) mass is 253 g/mol. The van der Waals surface area contributed by atoms with Crippen LogP contribution >= 0.6 is 0 Å². The van der Waals surface area contributed by atoms with E-state index in [4.69, 9.17) is 0 Å². The molecule has 2 heterocycles. The number of piperidine rings is 2. The van der Waals surface area contributed by atoms with Gasteiger partial charge in [0, 0.05) is 24.7 Å². The molecule has 18 heavy (non-hydrogen) atoms. The lowest BCUT2D eigenvalue weighted by Crippen LogP contribution is -2.57.